The minimum Gasteiger partial charge on any atom is -0.481 e. The van der Waals surface area contributed by atoms with Crippen molar-refractivity contribution in [3.05, 3.63) is 61.9 Å². The number of carboxylic acid groups (broad SMARTS) is 1. The molecule has 1 amide bonds. The maximum Gasteiger partial charge on any atom is 0.303 e. The van der Waals surface area contributed by atoms with Crippen molar-refractivity contribution in [1.82, 2.24) is 15.3 Å². The number of hydrogen-bond donors (Lipinski definition) is 4. The van der Waals surface area contributed by atoms with Crippen LogP contribution in [-0.4, -0.2) is 82.9 Å². The molecular weight excluding hydrogens is 674 g/mol. The summed E-state index contributed by atoms with van der Waals surface area (Å²) in [4.78, 5) is 67.8. The molecule has 6 rings (SSSR count). The number of methoxy groups -OCH3 is 1. The Morgan fingerprint density at radius 2 is 1.83 bits per heavy atom. The summed E-state index contributed by atoms with van der Waals surface area (Å²) in [7, 11) is 1.67. The van der Waals surface area contributed by atoms with Gasteiger partial charge in [-0.05, 0) is 68.9 Å². The number of hydrogen-bond acceptors (Lipinski definition) is 8. The molecule has 3 unspecified atom stereocenters. The second-order valence-corrected chi connectivity index (χ2v) is 15.0. The first-order valence-electron chi connectivity index (χ1n) is 19.0. The topological polar surface area (TPSA) is 175 Å². The molecule has 3 aliphatic heterocycles. The molecule has 0 saturated carbocycles. The van der Waals surface area contributed by atoms with Crippen molar-refractivity contribution in [1.29, 1.82) is 0 Å². The Kier molecular flexibility index (Phi) is 11.5. The van der Waals surface area contributed by atoms with E-state index in [0.717, 1.165) is 68.6 Å². The number of aromatic amines is 2. The van der Waals surface area contributed by atoms with Gasteiger partial charge in [0.1, 0.15) is 0 Å². The van der Waals surface area contributed by atoms with Gasteiger partial charge in [0.2, 0.25) is 5.91 Å². The highest BCUT2D eigenvalue weighted by molar-refractivity contribution is 6.11. The fourth-order valence-corrected chi connectivity index (χ4v) is 8.79. The number of aliphatic imine (C=N–C) groups is 2. The monoisotopic (exact) mass is 727 g/mol. The summed E-state index contributed by atoms with van der Waals surface area (Å²) in [5.41, 5.74) is 13.2. The normalized spacial score (nSPS) is 22.5. The van der Waals surface area contributed by atoms with E-state index in [4.69, 9.17) is 24.6 Å². The van der Waals surface area contributed by atoms with Crippen molar-refractivity contribution in [2.24, 2.45) is 21.8 Å². The maximum absolute atomic E-state index is 13.7. The Balaban J connectivity index is 1.39. The van der Waals surface area contributed by atoms with Gasteiger partial charge in [-0.2, -0.15) is 0 Å². The predicted octanol–water partition coefficient (Wildman–Crippen LogP) is 6.08. The Labute approximate surface area is 311 Å². The number of aliphatic carboxylic acids is 1. The van der Waals surface area contributed by atoms with Crippen LogP contribution in [0.1, 0.15) is 128 Å². The zero-order valence-corrected chi connectivity index (χ0v) is 32.0. The van der Waals surface area contributed by atoms with Crippen molar-refractivity contribution in [3.8, 4) is 0 Å². The molecule has 5 heterocycles. The van der Waals surface area contributed by atoms with Crippen LogP contribution in [-0.2, 0) is 36.7 Å². The van der Waals surface area contributed by atoms with Crippen LogP contribution < -0.4 is 5.32 Å². The molecule has 0 fully saturated rings. The van der Waals surface area contributed by atoms with Crippen LogP contribution in [0.15, 0.2) is 26.8 Å². The van der Waals surface area contributed by atoms with E-state index < -0.39 is 5.97 Å². The second-order valence-electron chi connectivity index (χ2n) is 15.0. The van der Waals surface area contributed by atoms with Crippen LogP contribution in [0.2, 0.25) is 0 Å². The summed E-state index contributed by atoms with van der Waals surface area (Å²) in [5.74, 6) is -1.97. The summed E-state index contributed by atoms with van der Waals surface area (Å²) < 4.78 is 11.5. The van der Waals surface area contributed by atoms with Gasteiger partial charge in [0.25, 0.3) is 0 Å². The van der Waals surface area contributed by atoms with E-state index in [1.54, 1.807) is 7.11 Å². The smallest absolute Gasteiger partial charge is 0.303 e. The van der Waals surface area contributed by atoms with Crippen molar-refractivity contribution in [3.63, 3.8) is 0 Å². The molecule has 2 aromatic heterocycles. The van der Waals surface area contributed by atoms with Gasteiger partial charge in [0.05, 0.1) is 38.3 Å². The van der Waals surface area contributed by atoms with Crippen molar-refractivity contribution in [2.45, 2.75) is 111 Å². The number of fused-ring (bicyclic) bond motifs is 6. The van der Waals surface area contributed by atoms with Gasteiger partial charge in [0.15, 0.2) is 11.6 Å². The third kappa shape index (κ3) is 7.66. The van der Waals surface area contributed by atoms with E-state index >= 15 is 0 Å². The van der Waals surface area contributed by atoms with Gasteiger partial charge >= 0.3 is 5.97 Å². The Morgan fingerprint density at radius 1 is 1.06 bits per heavy atom. The highest BCUT2D eigenvalue weighted by Gasteiger charge is 2.44. The minimum absolute atomic E-state index is 0.0224. The fourth-order valence-electron chi connectivity index (χ4n) is 8.79. The number of carbonyl (C=O) groups is 4. The lowest BCUT2D eigenvalue weighted by atomic mass is 9.81. The largest absolute Gasteiger partial charge is 0.481 e. The maximum atomic E-state index is 13.7. The first kappa shape index (κ1) is 38.3. The minimum atomic E-state index is -1.05. The van der Waals surface area contributed by atoms with E-state index in [9.17, 15) is 19.2 Å². The summed E-state index contributed by atoms with van der Waals surface area (Å²) in [6.07, 6.45) is 4.67. The summed E-state index contributed by atoms with van der Waals surface area (Å²) in [6, 6.07) is -0.0224. The molecule has 8 bridgehead atoms. The zero-order chi connectivity index (χ0) is 38.1. The molecule has 4 N–H and O–H groups in total. The number of H-pyrrole nitrogens is 2. The Morgan fingerprint density at radius 3 is 2.55 bits per heavy atom. The fraction of sp³-hybridized carbons (Fsp3) is 0.561. The zero-order valence-electron chi connectivity index (χ0n) is 32.0. The van der Waals surface area contributed by atoms with Crippen molar-refractivity contribution in [2.75, 3.05) is 26.9 Å². The van der Waals surface area contributed by atoms with E-state index in [0.29, 0.717) is 38.9 Å². The molecule has 5 atom stereocenters. The van der Waals surface area contributed by atoms with E-state index in [-0.39, 0.29) is 73.2 Å². The Bertz CT molecular complexity index is 1940. The molecule has 0 spiro atoms. The molecule has 4 aliphatic rings. The molecule has 1 aliphatic carbocycles. The quantitative estimate of drug-likeness (QED) is 0.171. The number of nitrogens with zero attached hydrogens (tertiary/aromatic N) is 2. The molecule has 53 heavy (non-hydrogen) atoms. The molecule has 2 aromatic rings. The van der Waals surface area contributed by atoms with Gasteiger partial charge in [0, 0.05) is 108 Å². The average Bonchev–Trinajstić information content (AvgIpc) is 3.87. The van der Waals surface area contributed by atoms with Gasteiger partial charge in [-0.25, -0.2) is 0 Å². The first-order chi connectivity index (χ1) is 25.3. The van der Waals surface area contributed by atoms with Crippen LogP contribution in [0.4, 0.5) is 0 Å². The van der Waals surface area contributed by atoms with Gasteiger partial charge < -0.3 is 29.9 Å². The predicted molar refractivity (Wildman–Crippen MR) is 203 cm³/mol. The van der Waals surface area contributed by atoms with Crippen LogP contribution in [0.5, 0.6) is 0 Å². The second kappa shape index (κ2) is 15.9. The van der Waals surface area contributed by atoms with E-state index in [1.807, 2.05) is 6.92 Å². The number of Topliss-reactive ketones (excluding diaryl/α,β-unsaturated/α-hetero) is 2. The molecule has 12 heteroatoms. The number of aromatic nitrogens is 2. The lowest BCUT2D eigenvalue weighted by molar-refractivity contribution is -0.138. The molecule has 12 nitrogen and oxygen atoms in total. The highest BCUT2D eigenvalue weighted by Crippen LogP contribution is 2.46. The third-order valence-corrected chi connectivity index (χ3v) is 11.8. The number of nitrogens with one attached hydrogen (secondary N) is 3. The number of carboxylic acids is 1. The number of ether oxygens (including phenoxy) is 2. The molecule has 0 aromatic carbocycles. The van der Waals surface area contributed by atoms with E-state index in [2.05, 4.69) is 56.0 Å². The van der Waals surface area contributed by atoms with E-state index in [1.165, 1.54) is 11.1 Å². The molecular formula is C41H53N5O7. The summed E-state index contributed by atoms with van der Waals surface area (Å²) in [5, 5.41) is 11.6. The van der Waals surface area contributed by atoms with Gasteiger partial charge in [-0.15, -0.1) is 0 Å². The number of allylic oxidation sites excluding steroid dienone is 2. The number of ketones is 2. The number of carbonyl (C=O) groups excluding carboxylic acids is 3. The number of amides is 1. The first-order valence-corrected chi connectivity index (χ1v) is 19.0. The average molecular weight is 728 g/mol. The standard InChI is InChI=1S/C41H53N5O7/c1-8-26-20(2)29-18-34-38(24(6)53-14-13-52-7)22(4)31(44-34)16-30-21(3)27(10-11-36(49)42-19-25(47)9-12-37(50)51)40(45-30)28-15-35(48)39-23(5)32(46-41(28)39)17-33(26)43-29/h16,21,24,27-29,44,46H,8-15,17-19H2,1-7H3,(H,42,49)(H,50,51)/t21-,24?,27-,28?,29?/m0/s1. The number of rotatable bonds is 14. The van der Waals surface area contributed by atoms with Crippen LogP contribution >= 0.6 is 0 Å². The Hall–Kier alpha value is -4.42. The van der Waals surface area contributed by atoms with Crippen molar-refractivity contribution >= 4 is 40.9 Å². The highest BCUT2D eigenvalue weighted by atomic mass is 16.5. The summed E-state index contributed by atoms with van der Waals surface area (Å²) in [6.45, 7) is 13.5. The van der Waals surface area contributed by atoms with Gasteiger partial charge in [-0.1, -0.05) is 13.8 Å². The lowest BCUT2D eigenvalue weighted by Gasteiger charge is -2.21. The summed E-state index contributed by atoms with van der Waals surface area (Å²) >= 11 is 0. The van der Waals surface area contributed by atoms with Crippen molar-refractivity contribution < 1.29 is 33.8 Å². The lowest BCUT2D eigenvalue weighted by Crippen LogP contribution is -2.31. The van der Waals surface area contributed by atoms with Crippen LogP contribution in [0.25, 0.3) is 6.08 Å². The molecule has 0 saturated heterocycles. The molecule has 284 valence electrons. The SMILES string of the molecule is CCC1=C(C)C2Cc3[nH]c(c(C)c3C(C)OCCOC)C=C3N=C(C4CC(=O)c5c4[nH]c(c5C)CC1=N2)[C@@H](CCC(=O)NCC(=O)CCC(=O)O)[C@@H]3C. The van der Waals surface area contributed by atoms with Crippen LogP contribution in [0.3, 0.4) is 0 Å². The van der Waals surface area contributed by atoms with Gasteiger partial charge in [-0.3, -0.25) is 29.2 Å². The molecule has 0 radical (unpaired) electrons. The third-order valence-electron chi connectivity index (χ3n) is 11.8. The van der Waals surface area contributed by atoms with Crippen LogP contribution in [0, 0.1) is 25.7 Å².